The molecule has 0 bridgehead atoms. The predicted molar refractivity (Wildman–Crippen MR) is 75.8 cm³/mol. The highest BCUT2D eigenvalue weighted by molar-refractivity contribution is 6.37. The van der Waals surface area contributed by atoms with Crippen molar-refractivity contribution in [1.82, 2.24) is 5.32 Å². The minimum atomic E-state index is -0.445. The molecule has 1 fully saturated rings. The van der Waals surface area contributed by atoms with Crippen LogP contribution in [0, 0.1) is 0 Å². The zero-order valence-corrected chi connectivity index (χ0v) is 12.0. The highest BCUT2D eigenvalue weighted by atomic mass is 35.5. The van der Waals surface area contributed by atoms with E-state index in [0.717, 1.165) is 17.7 Å². The highest BCUT2D eigenvalue weighted by Gasteiger charge is 2.33. The lowest BCUT2D eigenvalue weighted by Gasteiger charge is -2.31. The van der Waals surface area contributed by atoms with Crippen LogP contribution in [0.5, 0.6) is 0 Å². The van der Waals surface area contributed by atoms with Crippen LogP contribution in [0.1, 0.15) is 26.2 Å². The number of nitrogens with one attached hydrogen (secondary N) is 1. The monoisotopic (exact) mass is 300 g/mol. The highest BCUT2D eigenvalue weighted by Crippen LogP contribution is 2.31. The molecule has 0 spiro atoms. The molecule has 1 aromatic carbocycles. The minimum absolute atomic E-state index is 0.0980. The first kappa shape index (κ1) is 14.2. The van der Waals surface area contributed by atoms with E-state index in [1.54, 1.807) is 12.1 Å². The number of halogens is 2. The summed E-state index contributed by atoms with van der Waals surface area (Å²) >= 11 is 11.9. The Morgan fingerprint density at radius 3 is 2.74 bits per heavy atom. The Morgan fingerprint density at radius 2 is 2.11 bits per heavy atom. The normalized spacial score (nSPS) is 19.5. The van der Waals surface area contributed by atoms with Crippen molar-refractivity contribution >= 4 is 40.8 Å². The van der Waals surface area contributed by atoms with Gasteiger partial charge in [0.15, 0.2) is 0 Å². The fraction of sp³-hybridized carbons (Fsp3) is 0.385. The second kappa shape index (κ2) is 5.80. The lowest BCUT2D eigenvalue weighted by Crippen LogP contribution is -2.55. The van der Waals surface area contributed by atoms with Gasteiger partial charge in [-0.25, -0.2) is 9.69 Å². The number of anilines is 1. The first-order chi connectivity index (χ1) is 9.02. The molecule has 3 amide bonds. The van der Waals surface area contributed by atoms with Crippen LogP contribution in [-0.2, 0) is 4.79 Å². The van der Waals surface area contributed by atoms with Gasteiger partial charge in [0.25, 0.3) is 0 Å². The van der Waals surface area contributed by atoms with Crippen LogP contribution in [0.3, 0.4) is 0 Å². The Hall–Kier alpha value is -1.26. The summed E-state index contributed by atoms with van der Waals surface area (Å²) in [4.78, 5) is 25.2. The fourth-order valence-corrected chi connectivity index (χ4v) is 2.50. The van der Waals surface area contributed by atoms with Crippen LogP contribution in [0.15, 0.2) is 18.2 Å². The molecule has 4 nitrogen and oxygen atoms in total. The molecule has 6 heteroatoms. The molecule has 1 unspecified atom stereocenters. The smallest absolute Gasteiger partial charge is 0.329 e. The van der Waals surface area contributed by atoms with Crippen molar-refractivity contribution < 1.29 is 9.59 Å². The molecule has 1 atom stereocenters. The Bertz CT molecular complexity index is 501. The summed E-state index contributed by atoms with van der Waals surface area (Å²) in [7, 11) is 0. The van der Waals surface area contributed by atoms with Crippen LogP contribution in [0.25, 0.3) is 0 Å². The van der Waals surface area contributed by atoms with E-state index in [1.165, 1.54) is 6.07 Å². The number of nitrogens with zero attached hydrogens (tertiary/aromatic N) is 1. The van der Waals surface area contributed by atoms with Crippen LogP contribution in [-0.4, -0.2) is 18.0 Å². The van der Waals surface area contributed by atoms with Crippen LogP contribution in [0.2, 0.25) is 10.0 Å². The predicted octanol–water partition coefficient (Wildman–Crippen LogP) is 3.61. The lowest BCUT2D eigenvalue weighted by atomic mass is 10.1. The van der Waals surface area contributed by atoms with Crippen molar-refractivity contribution in [3.05, 3.63) is 28.2 Å². The second-order valence-corrected chi connectivity index (χ2v) is 5.31. The summed E-state index contributed by atoms with van der Waals surface area (Å²) in [6.45, 7) is 2.01. The summed E-state index contributed by atoms with van der Waals surface area (Å²) in [6.07, 6.45) is 1.98. The van der Waals surface area contributed by atoms with Crippen molar-refractivity contribution in [2.45, 2.75) is 32.2 Å². The molecule has 2 rings (SSSR count). The van der Waals surface area contributed by atoms with Gasteiger partial charge in [-0.05, 0) is 24.6 Å². The SMILES string of the molecule is CCCC1CC(=O)N(c2cc(Cl)ccc2Cl)C(=O)N1. The number of rotatable bonds is 3. The van der Waals surface area contributed by atoms with Crippen molar-refractivity contribution in [1.29, 1.82) is 0 Å². The summed E-state index contributed by atoms with van der Waals surface area (Å²) in [6, 6.07) is 4.15. The third-order valence-electron chi connectivity index (χ3n) is 2.99. The van der Waals surface area contributed by atoms with Gasteiger partial charge in [0.1, 0.15) is 0 Å². The standard InChI is InChI=1S/C13H14Cl2N2O2/c1-2-3-9-7-12(18)17(13(19)16-9)11-6-8(14)4-5-10(11)15/h4-6,9H,2-3,7H2,1H3,(H,16,19). The topological polar surface area (TPSA) is 49.4 Å². The number of carbonyl (C=O) groups is 2. The maximum Gasteiger partial charge on any atom is 0.329 e. The Balaban J connectivity index is 2.28. The van der Waals surface area contributed by atoms with Crippen LogP contribution >= 0.6 is 23.2 Å². The average molecular weight is 301 g/mol. The van der Waals surface area contributed by atoms with Gasteiger partial charge < -0.3 is 5.32 Å². The Morgan fingerprint density at radius 1 is 1.37 bits per heavy atom. The molecule has 1 saturated heterocycles. The molecule has 1 heterocycles. The summed E-state index contributed by atoms with van der Waals surface area (Å²) in [5.41, 5.74) is 0.326. The summed E-state index contributed by atoms with van der Waals surface area (Å²) < 4.78 is 0. The number of carbonyl (C=O) groups excluding carboxylic acids is 2. The zero-order valence-electron chi connectivity index (χ0n) is 10.5. The quantitative estimate of drug-likeness (QED) is 0.927. The van der Waals surface area contributed by atoms with E-state index in [-0.39, 0.29) is 18.4 Å². The number of hydrogen-bond acceptors (Lipinski definition) is 2. The van der Waals surface area contributed by atoms with E-state index < -0.39 is 6.03 Å². The molecule has 0 saturated carbocycles. The van der Waals surface area contributed by atoms with Crippen molar-refractivity contribution in [3.63, 3.8) is 0 Å². The van der Waals surface area contributed by atoms with E-state index in [1.807, 2.05) is 6.92 Å². The maximum atomic E-state index is 12.1. The van der Waals surface area contributed by atoms with E-state index in [2.05, 4.69) is 5.32 Å². The van der Waals surface area contributed by atoms with E-state index >= 15 is 0 Å². The number of hydrogen-bond donors (Lipinski definition) is 1. The van der Waals surface area contributed by atoms with Gasteiger partial charge in [-0.15, -0.1) is 0 Å². The van der Waals surface area contributed by atoms with Crippen LogP contribution in [0.4, 0.5) is 10.5 Å². The molecule has 0 radical (unpaired) electrons. The number of benzene rings is 1. The summed E-state index contributed by atoms with van der Waals surface area (Å²) in [5, 5.41) is 3.56. The molecule has 0 aliphatic carbocycles. The molecule has 0 aromatic heterocycles. The van der Waals surface area contributed by atoms with Crippen molar-refractivity contribution in [2.75, 3.05) is 4.90 Å². The van der Waals surface area contributed by atoms with Crippen molar-refractivity contribution in [2.24, 2.45) is 0 Å². The van der Waals surface area contributed by atoms with Gasteiger partial charge in [0, 0.05) is 17.5 Å². The maximum absolute atomic E-state index is 12.1. The molecule has 1 aliphatic heterocycles. The largest absolute Gasteiger partial charge is 0.334 e. The third kappa shape index (κ3) is 3.01. The molecule has 1 N–H and O–H groups in total. The van der Waals surface area contributed by atoms with Gasteiger partial charge >= 0.3 is 6.03 Å². The number of imide groups is 1. The number of urea groups is 1. The van der Waals surface area contributed by atoms with E-state index in [4.69, 9.17) is 23.2 Å². The molecule has 19 heavy (non-hydrogen) atoms. The second-order valence-electron chi connectivity index (χ2n) is 4.46. The summed E-state index contributed by atoms with van der Waals surface area (Å²) in [5.74, 6) is -0.258. The third-order valence-corrected chi connectivity index (χ3v) is 3.54. The fourth-order valence-electron chi connectivity index (χ4n) is 2.13. The average Bonchev–Trinajstić information content (AvgIpc) is 2.33. The molecule has 102 valence electrons. The first-order valence-corrected chi connectivity index (χ1v) is 6.87. The van der Waals surface area contributed by atoms with Gasteiger partial charge in [-0.2, -0.15) is 0 Å². The number of amides is 3. The molecule has 1 aromatic rings. The van der Waals surface area contributed by atoms with E-state index in [0.29, 0.717) is 15.7 Å². The molecule has 1 aliphatic rings. The van der Waals surface area contributed by atoms with Crippen LogP contribution < -0.4 is 10.2 Å². The minimum Gasteiger partial charge on any atom is -0.334 e. The molecular weight excluding hydrogens is 287 g/mol. The Kier molecular flexibility index (Phi) is 4.32. The zero-order chi connectivity index (χ0) is 14.0. The van der Waals surface area contributed by atoms with E-state index in [9.17, 15) is 9.59 Å². The first-order valence-electron chi connectivity index (χ1n) is 6.11. The van der Waals surface area contributed by atoms with Gasteiger partial charge in [0.05, 0.1) is 10.7 Å². The Labute approximate surface area is 121 Å². The lowest BCUT2D eigenvalue weighted by molar-refractivity contribution is -0.119. The molecular formula is C13H14Cl2N2O2. The van der Waals surface area contributed by atoms with Gasteiger partial charge in [0.2, 0.25) is 5.91 Å². The van der Waals surface area contributed by atoms with Crippen molar-refractivity contribution in [3.8, 4) is 0 Å². The van der Waals surface area contributed by atoms with Gasteiger partial charge in [-0.1, -0.05) is 36.5 Å². The van der Waals surface area contributed by atoms with Gasteiger partial charge in [-0.3, -0.25) is 4.79 Å².